The van der Waals surface area contributed by atoms with Gasteiger partial charge < -0.3 is 10.6 Å². The van der Waals surface area contributed by atoms with Gasteiger partial charge in [0.15, 0.2) is 5.65 Å². The maximum atomic E-state index is 13.5. The van der Waals surface area contributed by atoms with Crippen LogP contribution in [0.5, 0.6) is 0 Å². The van der Waals surface area contributed by atoms with Crippen LogP contribution in [0, 0.1) is 6.92 Å². The number of carbonyl (C=O) groups excluding carboxylic acids is 1. The van der Waals surface area contributed by atoms with E-state index in [0.717, 1.165) is 53.7 Å². The number of carbonyl (C=O) groups is 1. The molecule has 7 heteroatoms. The minimum atomic E-state index is -0.134. The molecule has 1 aromatic carbocycles. The van der Waals surface area contributed by atoms with Crippen molar-refractivity contribution < 1.29 is 4.79 Å². The highest BCUT2D eigenvalue weighted by Gasteiger charge is 2.23. The maximum Gasteiger partial charge on any atom is 0.255 e. The fourth-order valence-corrected chi connectivity index (χ4v) is 4.71. The van der Waals surface area contributed by atoms with Crippen molar-refractivity contribution in [3.63, 3.8) is 0 Å². The van der Waals surface area contributed by atoms with Crippen molar-refractivity contribution in [2.45, 2.75) is 77.9 Å². The Hall–Kier alpha value is -2.60. The zero-order chi connectivity index (χ0) is 22.7. The molecule has 2 aromatic heterocycles. The molecule has 2 heterocycles. The Labute approximate surface area is 194 Å². The summed E-state index contributed by atoms with van der Waals surface area (Å²) in [5.41, 5.74) is 4.25. The molecule has 1 aliphatic rings. The second kappa shape index (κ2) is 9.90. The third-order valence-electron chi connectivity index (χ3n) is 6.48. The summed E-state index contributed by atoms with van der Waals surface area (Å²) in [6.45, 7) is 6.82. The molecule has 1 atom stereocenters. The molecule has 0 spiro atoms. The van der Waals surface area contributed by atoms with E-state index in [9.17, 15) is 4.79 Å². The Morgan fingerprint density at radius 3 is 2.69 bits per heavy atom. The molecule has 0 aliphatic heterocycles. The fourth-order valence-electron chi connectivity index (χ4n) is 4.52. The third-order valence-corrected chi connectivity index (χ3v) is 6.88. The van der Waals surface area contributed by atoms with E-state index in [1.54, 1.807) is 6.20 Å². The number of benzene rings is 1. The van der Waals surface area contributed by atoms with E-state index < -0.39 is 0 Å². The topological polar surface area (TPSA) is 71.8 Å². The average molecular weight is 454 g/mol. The summed E-state index contributed by atoms with van der Waals surface area (Å²) in [5, 5.41) is 13.0. The van der Waals surface area contributed by atoms with Gasteiger partial charge in [-0.15, -0.1) is 0 Å². The number of aromatic nitrogens is 3. The van der Waals surface area contributed by atoms with E-state index in [1.807, 2.05) is 42.9 Å². The molecule has 1 unspecified atom stereocenters. The van der Waals surface area contributed by atoms with Crippen LogP contribution < -0.4 is 10.6 Å². The Balaban J connectivity index is 1.67. The molecule has 1 amide bonds. The van der Waals surface area contributed by atoms with Gasteiger partial charge in [0.25, 0.3) is 5.91 Å². The molecule has 4 rings (SSSR count). The summed E-state index contributed by atoms with van der Waals surface area (Å²) in [6.07, 6.45) is 10.2. The number of fused-ring (bicyclic) bond motifs is 1. The largest absolute Gasteiger partial charge is 0.381 e. The highest BCUT2D eigenvalue weighted by molar-refractivity contribution is 6.31. The van der Waals surface area contributed by atoms with E-state index in [1.165, 1.54) is 19.3 Å². The minimum absolute atomic E-state index is 0.128. The van der Waals surface area contributed by atoms with Crippen molar-refractivity contribution in [3.8, 4) is 0 Å². The number of halogens is 1. The van der Waals surface area contributed by atoms with Gasteiger partial charge >= 0.3 is 0 Å². The first-order valence-corrected chi connectivity index (χ1v) is 12.1. The summed E-state index contributed by atoms with van der Waals surface area (Å²) in [5.74, 6) is -0.134. The lowest BCUT2D eigenvalue weighted by Gasteiger charge is -2.26. The van der Waals surface area contributed by atoms with Gasteiger partial charge in [-0.1, -0.05) is 49.9 Å². The molecule has 3 aromatic rings. The first kappa shape index (κ1) is 22.6. The van der Waals surface area contributed by atoms with Crippen molar-refractivity contribution in [2.24, 2.45) is 0 Å². The molecule has 0 bridgehead atoms. The Morgan fingerprint density at radius 2 is 2.00 bits per heavy atom. The molecule has 2 N–H and O–H groups in total. The number of nitrogens with one attached hydrogen (secondary N) is 2. The summed E-state index contributed by atoms with van der Waals surface area (Å²) in [4.78, 5) is 18.1. The van der Waals surface area contributed by atoms with Crippen LogP contribution in [-0.4, -0.2) is 26.7 Å². The number of amides is 1. The van der Waals surface area contributed by atoms with Crippen molar-refractivity contribution in [2.75, 3.05) is 5.32 Å². The number of rotatable bonds is 7. The van der Waals surface area contributed by atoms with E-state index in [2.05, 4.69) is 27.6 Å². The molecule has 0 radical (unpaired) electrons. The second-order valence-corrected chi connectivity index (χ2v) is 9.07. The van der Waals surface area contributed by atoms with Crippen LogP contribution >= 0.6 is 11.6 Å². The monoisotopic (exact) mass is 453 g/mol. The lowest BCUT2D eigenvalue weighted by atomic mass is 9.95. The van der Waals surface area contributed by atoms with Crippen LogP contribution in [0.4, 0.5) is 5.69 Å². The SMILES string of the molecule is CCC(NC(=O)c1cnc2c(cnn2CC)c1NC1CCCCC1)c1ccc(C)c(Cl)c1. The molecule has 0 saturated heterocycles. The maximum absolute atomic E-state index is 13.5. The minimum Gasteiger partial charge on any atom is -0.381 e. The van der Waals surface area contributed by atoms with Gasteiger partial charge in [-0.2, -0.15) is 5.10 Å². The molecule has 170 valence electrons. The molecular formula is C25H32ClN5O. The van der Waals surface area contributed by atoms with Crippen molar-refractivity contribution >= 4 is 34.2 Å². The summed E-state index contributed by atoms with van der Waals surface area (Å²) < 4.78 is 1.87. The normalized spacial score (nSPS) is 15.6. The van der Waals surface area contributed by atoms with Crippen LogP contribution in [-0.2, 0) is 6.54 Å². The molecule has 1 fully saturated rings. The quantitative estimate of drug-likeness (QED) is 0.457. The average Bonchev–Trinajstić information content (AvgIpc) is 3.24. The number of pyridine rings is 1. The zero-order valence-electron chi connectivity index (χ0n) is 19.1. The Kier molecular flexibility index (Phi) is 6.99. The molecule has 32 heavy (non-hydrogen) atoms. The molecular weight excluding hydrogens is 422 g/mol. The second-order valence-electron chi connectivity index (χ2n) is 8.67. The van der Waals surface area contributed by atoms with Crippen LogP contribution in [0.15, 0.2) is 30.6 Å². The predicted molar refractivity (Wildman–Crippen MR) is 130 cm³/mol. The van der Waals surface area contributed by atoms with Crippen LogP contribution in [0.25, 0.3) is 11.0 Å². The lowest BCUT2D eigenvalue weighted by Crippen LogP contribution is -2.30. The van der Waals surface area contributed by atoms with E-state index in [-0.39, 0.29) is 11.9 Å². The van der Waals surface area contributed by atoms with Gasteiger partial charge in [-0.25, -0.2) is 9.67 Å². The first-order chi connectivity index (χ1) is 15.5. The smallest absolute Gasteiger partial charge is 0.255 e. The van der Waals surface area contributed by atoms with Crippen LogP contribution in [0.1, 0.15) is 79.9 Å². The van der Waals surface area contributed by atoms with Crippen LogP contribution in [0.3, 0.4) is 0 Å². The third kappa shape index (κ3) is 4.60. The van der Waals surface area contributed by atoms with Gasteiger partial charge in [-0.3, -0.25) is 4.79 Å². The highest BCUT2D eigenvalue weighted by Crippen LogP contribution is 2.31. The fraction of sp³-hybridized carbons (Fsp3) is 0.480. The zero-order valence-corrected chi connectivity index (χ0v) is 19.9. The summed E-state index contributed by atoms with van der Waals surface area (Å²) >= 11 is 6.34. The number of hydrogen-bond donors (Lipinski definition) is 2. The highest BCUT2D eigenvalue weighted by atomic mass is 35.5. The number of nitrogens with zero attached hydrogens (tertiary/aromatic N) is 3. The van der Waals surface area contributed by atoms with E-state index >= 15 is 0 Å². The summed E-state index contributed by atoms with van der Waals surface area (Å²) in [6, 6.07) is 6.21. The molecule has 6 nitrogen and oxygen atoms in total. The van der Waals surface area contributed by atoms with Crippen LogP contribution in [0.2, 0.25) is 5.02 Å². The lowest BCUT2D eigenvalue weighted by molar-refractivity contribution is 0.0936. The van der Waals surface area contributed by atoms with Gasteiger partial charge in [0, 0.05) is 23.8 Å². The van der Waals surface area contributed by atoms with Crippen molar-refractivity contribution in [3.05, 3.63) is 52.3 Å². The van der Waals surface area contributed by atoms with Crippen molar-refractivity contribution in [1.82, 2.24) is 20.1 Å². The van der Waals surface area contributed by atoms with Gasteiger partial charge in [0.05, 0.1) is 28.9 Å². The first-order valence-electron chi connectivity index (χ1n) is 11.7. The standard InChI is InChI=1S/C25H32ClN5O/c1-4-22(17-12-11-16(3)21(26)13-17)30-25(32)20-14-27-24-19(15-28-31(24)5-2)23(20)29-18-9-7-6-8-10-18/h11-15,18,22H,4-10H2,1-3H3,(H,27,29)(H,30,32). The Bertz CT molecular complexity index is 1100. The Morgan fingerprint density at radius 1 is 1.22 bits per heavy atom. The van der Waals surface area contributed by atoms with Gasteiger partial charge in [-0.05, 0) is 50.3 Å². The van der Waals surface area contributed by atoms with E-state index in [4.69, 9.17) is 11.6 Å². The number of aryl methyl sites for hydroxylation is 2. The summed E-state index contributed by atoms with van der Waals surface area (Å²) in [7, 11) is 0. The van der Waals surface area contributed by atoms with Gasteiger partial charge in [0.2, 0.25) is 0 Å². The number of anilines is 1. The van der Waals surface area contributed by atoms with E-state index in [0.29, 0.717) is 16.6 Å². The number of hydrogen-bond acceptors (Lipinski definition) is 4. The molecule has 1 aliphatic carbocycles. The predicted octanol–water partition coefficient (Wildman–Crippen LogP) is 6.04. The van der Waals surface area contributed by atoms with Crippen molar-refractivity contribution in [1.29, 1.82) is 0 Å². The molecule has 1 saturated carbocycles. The van der Waals surface area contributed by atoms with Gasteiger partial charge in [0.1, 0.15) is 0 Å².